The molecule has 62 heavy (non-hydrogen) atoms. The van der Waals surface area contributed by atoms with Gasteiger partial charge in [0.1, 0.15) is 6.10 Å². The van der Waals surface area contributed by atoms with E-state index in [1.54, 1.807) is 0 Å². The van der Waals surface area contributed by atoms with E-state index >= 15 is 0 Å². The first kappa shape index (κ1) is 58.5. The zero-order valence-electron chi connectivity index (χ0n) is 40.0. The van der Waals surface area contributed by atoms with E-state index in [2.05, 4.69) is 92.9 Å². The molecule has 352 valence electrons. The minimum Gasteiger partial charge on any atom is -0.462 e. The van der Waals surface area contributed by atoms with E-state index in [0.29, 0.717) is 19.3 Å². The van der Waals surface area contributed by atoms with Crippen LogP contribution in [0.1, 0.15) is 207 Å². The molecule has 0 aliphatic heterocycles. The fourth-order valence-corrected chi connectivity index (χ4v) is 6.94. The van der Waals surface area contributed by atoms with Crippen molar-refractivity contribution in [3.8, 4) is 0 Å². The van der Waals surface area contributed by atoms with E-state index in [9.17, 15) is 19.8 Å². The highest BCUT2D eigenvalue weighted by atomic mass is 16.5. The van der Waals surface area contributed by atoms with Crippen LogP contribution >= 0.6 is 0 Å². The summed E-state index contributed by atoms with van der Waals surface area (Å²) in [5, 5.41) is 23.7. The molecule has 0 bridgehead atoms. The van der Waals surface area contributed by atoms with Crippen molar-refractivity contribution in [1.29, 1.82) is 0 Å². The van der Waals surface area contributed by atoms with E-state index < -0.39 is 18.2 Å². The lowest BCUT2D eigenvalue weighted by Crippen LogP contribution is -2.46. The van der Waals surface area contributed by atoms with Crippen molar-refractivity contribution in [3.05, 3.63) is 109 Å². The van der Waals surface area contributed by atoms with Crippen molar-refractivity contribution >= 4 is 11.9 Å². The van der Waals surface area contributed by atoms with Crippen molar-refractivity contribution in [1.82, 2.24) is 5.32 Å². The molecule has 6 nitrogen and oxygen atoms in total. The molecule has 0 aliphatic carbocycles. The minimum atomic E-state index is -0.809. The summed E-state index contributed by atoms with van der Waals surface area (Å²) in [5.41, 5.74) is 0. The van der Waals surface area contributed by atoms with Crippen LogP contribution < -0.4 is 5.32 Å². The topological polar surface area (TPSA) is 95.9 Å². The summed E-state index contributed by atoms with van der Waals surface area (Å²) < 4.78 is 5.90. The van der Waals surface area contributed by atoms with Crippen LogP contribution in [0.5, 0.6) is 0 Å². The zero-order chi connectivity index (χ0) is 45.2. The van der Waals surface area contributed by atoms with E-state index in [4.69, 9.17) is 4.74 Å². The molecule has 6 heteroatoms. The molecule has 0 saturated carbocycles. The maximum absolute atomic E-state index is 13.2. The van der Waals surface area contributed by atoms with Gasteiger partial charge in [-0.1, -0.05) is 233 Å². The predicted octanol–water partition coefficient (Wildman–Crippen LogP) is 15.1. The maximum atomic E-state index is 13.2. The molecule has 3 unspecified atom stereocenters. The van der Waals surface area contributed by atoms with Gasteiger partial charge in [-0.15, -0.1) is 0 Å². The molecular weight excluding hydrogens is 767 g/mol. The van der Waals surface area contributed by atoms with E-state index in [1.165, 1.54) is 64.2 Å². The Labute approximate surface area is 381 Å². The number of rotatable bonds is 43. The molecule has 0 radical (unpaired) electrons. The van der Waals surface area contributed by atoms with Gasteiger partial charge in [-0.3, -0.25) is 9.59 Å². The Bertz CT molecular complexity index is 1280. The van der Waals surface area contributed by atoms with E-state index in [0.717, 1.165) is 96.3 Å². The fraction of sp³-hybridized carbons (Fsp3) is 0.643. The van der Waals surface area contributed by atoms with Crippen LogP contribution in [0, 0.1) is 0 Å². The van der Waals surface area contributed by atoms with Gasteiger partial charge in [-0.05, 0) is 70.6 Å². The molecule has 0 rings (SSSR count). The SMILES string of the molecule is CCC/C=C/C=C/C=C/C=C/C=C/CCCCCCCC(=O)OC(CCCCC/C=C/C=C/C=C/C=C/CCCCC)CC(=O)NC(CO)C(O)CCCCCCCCCCC. The molecule has 0 heterocycles. The molecular formula is C56H93NO5. The van der Waals surface area contributed by atoms with Gasteiger partial charge in [-0.25, -0.2) is 0 Å². The summed E-state index contributed by atoms with van der Waals surface area (Å²) in [6.07, 6.45) is 65.6. The quantitative estimate of drug-likeness (QED) is 0.0322. The Morgan fingerprint density at radius 1 is 0.468 bits per heavy atom. The summed E-state index contributed by atoms with van der Waals surface area (Å²) in [4.78, 5) is 26.1. The molecule has 0 aromatic heterocycles. The van der Waals surface area contributed by atoms with E-state index in [-0.39, 0.29) is 24.9 Å². The number of ether oxygens (including phenoxy) is 1. The molecule has 0 fully saturated rings. The average Bonchev–Trinajstić information content (AvgIpc) is 3.26. The van der Waals surface area contributed by atoms with Crippen molar-refractivity contribution in [2.45, 2.75) is 225 Å². The lowest BCUT2D eigenvalue weighted by Gasteiger charge is -2.24. The third-order valence-corrected chi connectivity index (χ3v) is 10.8. The highest BCUT2D eigenvalue weighted by Gasteiger charge is 2.24. The number of aliphatic hydroxyl groups is 2. The molecule has 0 saturated heterocycles. The largest absolute Gasteiger partial charge is 0.462 e. The lowest BCUT2D eigenvalue weighted by molar-refractivity contribution is -0.151. The first-order valence-corrected chi connectivity index (χ1v) is 25.2. The monoisotopic (exact) mass is 860 g/mol. The Morgan fingerprint density at radius 3 is 1.35 bits per heavy atom. The number of hydrogen-bond donors (Lipinski definition) is 3. The molecule has 0 aromatic carbocycles. The predicted molar refractivity (Wildman–Crippen MR) is 268 cm³/mol. The number of unbranched alkanes of at least 4 members (excludes halogenated alkanes) is 20. The third-order valence-electron chi connectivity index (χ3n) is 10.8. The number of aliphatic hydroxyl groups excluding tert-OH is 2. The first-order valence-electron chi connectivity index (χ1n) is 25.2. The van der Waals surface area contributed by atoms with Gasteiger partial charge in [0.05, 0.1) is 25.2 Å². The maximum Gasteiger partial charge on any atom is 0.306 e. The second-order valence-corrected chi connectivity index (χ2v) is 16.7. The highest BCUT2D eigenvalue weighted by Crippen LogP contribution is 2.17. The fourth-order valence-electron chi connectivity index (χ4n) is 6.94. The van der Waals surface area contributed by atoms with Crippen LogP contribution in [0.25, 0.3) is 0 Å². The number of hydrogen-bond acceptors (Lipinski definition) is 5. The molecule has 0 aliphatic rings. The van der Waals surface area contributed by atoms with Gasteiger partial charge in [0.2, 0.25) is 5.91 Å². The molecule has 0 aromatic rings. The van der Waals surface area contributed by atoms with Crippen LogP contribution in [-0.4, -0.2) is 46.9 Å². The normalized spacial score (nSPS) is 14.2. The summed E-state index contributed by atoms with van der Waals surface area (Å²) in [6.45, 7) is 6.30. The van der Waals surface area contributed by atoms with Crippen LogP contribution in [0.2, 0.25) is 0 Å². The van der Waals surface area contributed by atoms with Gasteiger partial charge in [-0.2, -0.15) is 0 Å². The Kier molecular flexibility index (Phi) is 45.8. The lowest BCUT2D eigenvalue weighted by atomic mass is 10.0. The number of carbonyl (C=O) groups is 2. The summed E-state index contributed by atoms with van der Waals surface area (Å²) >= 11 is 0. The smallest absolute Gasteiger partial charge is 0.306 e. The Morgan fingerprint density at radius 2 is 0.855 bits per heavy atom. The number of nitrogens with one attached hydrogen (secondary N) is 1. The Balaban J connectivity index is 4.76. The summed E-state index contributed by atoms with van der Waals surface area (Å²) in [7, 11) is 0. The van der Waals surface area contributed by atoms with Crippen molar-refractivity contribution in [3.63, 3.8) is 0 Å². The van der Waals surface area contributed by atoms with Gasteiger partial charge >= 0.3 is 5.97 Å². The second kappa shape index (κ2) is 48.6. The molecule has 3 N–H and O–H groups in total. The van der Waals surface area contributed by atoms with Gasteiger partial charge in [0, 0.05) is 6.42 Å². The zero-order valence-corrected chi connectivity index (χ0v) is 40.0. The molecule has 3 atom stereocenters. The molecule has 0 spiro atoms. The number of amides is 1. The second-order valence-electron chi connectivity index (χ2n) is 16.7. The van der Waals surface area contributed by atoms with E-state index in [1.807, 2.05) is 42.5 Å². The van der Waals surface area contributed by atoms with Crippen LogP contribution in [0.15, 0.2) is 109 Å². The molecule has 1 amide bonds. The minimum absolute atomic E-state index is 0.0336. The highest BCUT2D eigenvalue weighted by molar-refractivity contribution is 5.77. The van der Waals surface area contributed by atoms with Crippen molar-refractivity contribution in [2.24, 2.45) is 0 Å². The third kappa shape index (κ3) is 43.2. The van der Waals surface area contributed by atoms with Crippen LogP contribution in [0.4, 0.5) is 0 Å². The summed E-state index contributed by atoms with van der Waals surface area (Å²) in [5.74, 6) is -0.553. The van der Waals surface area contributed by atoms with Crippen LogP contribution in [0.3, 0.4) is 0 Å². The van der Waals surface area contributed by atoms with Crippen molar-refractivity contribution < 1.29 is 24.5 Å². The van der Waals surface area contributed by atoms with Gasteiger partial charge < -0.3 is 20.3 Å². The average molecular weight is 860 g/mol. The van der Waals surface area contributed by atoms with Gasteiger partial charge in [0.25, 0.3) is 0 Å². The van der Waals surface area contributed by atoms with Gasteiger partial charge in [0.15, 0.2) is 0 Å². The number of carbonyl (C=O) groups excluding carboxylic acids is 2. The number of allylic oxidation sites excluding steroid dienone is 18. The summed E-state index contributed by atoms with van der Waals surface area (Å²) in [6, 6.07) is -0.726. The Hall–Kier alpha value is -3.48. The number of esters is 1. The first-order chi connectivity index (χ1) is 30.5. The van der Waals surface area contributed by atoms with Crippen molar-refractivity contribution in [2.75, 3.05) is 6.61 Å². The standard InChI is InChI=1S/C56H93NO5/c1-4-7-10-13-16-19-21-23-25-27-28-30-32-34-37-40-43-46-49-56(61)62-52(47-44-41-38-36-33-31-29-26-24-22-20-17-14-11-8-5-2)50-55(60)57-53(51-58)54(59)48-45-42-39-35-18-15-12-9-6-3/h10,13,16-17,19-31,33,52-54,58-59H,4-9,11-12,14-15,18,32,34-51H2,1-3H3,(H,57,60)/b13-10+,19-16+,20-17+,23-21+,24-22+,27-25+,29-26+,30-28+,33-31+. The van der Waals surface area contributed by atoms with Crippen LogP contribution in [-0.2, 0) is 14.3 Å².